The van der Waals surface area contributed by atoms with Gasteiger partial charge in [-0.15, -0.1) is 0 Å². The number of carboxylic acid groups (broad SMARTS) is 1. The van der Waals surface area contributed by atoms with Gasteiger partial charge in [0.25, 0.3) is 0 Å². The third kappa shape index (κ3) is 6.68. The number of carboxylic acids is 1. The molecule has 0 spiro atoms. The Labute approximate surface area is 121 Å². The Kier molecular flexibility index (Phi) is 7.92. The fourth-order valence-corrected chi connectivity index (χ4v) is 2.12. The Morgan fingerprint density at radius 3 is 2.55 bits per heavy atom. The van der Waals surface area contributed by atoms with Crippen molar-refractivity contribution in [2.45, 2.75) is 52.2 Å². The third-order valence-corrected chi connectivity index (χ3v) is 3.33. The van der Waals surface area contributed by atoms with Crippen molar-refractivity contribution < 1.29 is 14.7 Å². The molecule has 0 amide bonds. The summed E-state index contributed by atoms with van der Waals surface area (Å²) in [5.74, 6) is -0.306. The van der Waals surface area contributed by atoms with Crippen molar-refractivity contribution in [1.82, 2.24) is 5.48 Å². The average molecular weight is 279 g/mol. The fourth-order valence-electron chi connectivity index (χ4n) is 2.12. The normalized spacial score (nSPS) is 13.9. The van der Waals surface area contributed by atoms with Gasteiger partial charge in [0.1, 0.15) is 6.04 Å². The quantitative estimate of drug-likeness (QED) is 0.645. The monoisotopic (exact) mass is 279 g/mol. The lowest BCUT2D eigenvalue weighted by molar-refractivity contribution is -0.145. The second-order valence-electron chi connectivity index (χ2n) is 5.25. The highest BCUT2D eigenvalue weighted by atomic mass is 16.6. The number of rotatable bonds is 10. The molecule has 2 N–H and O–H groups in total. The maximum atomic E-state index is 11.2. The van der Waals surface area contributed by atoms with Crippen LogP contribution in [-0.2, 0) is 16.2 Å². The van der Waals surface area contributed by atoms with Crippen LogP contribution >= 0.6 is 0 Å². The van der Waals surface area contributed by atoms with Gasteiger partial charge in [0, 0.05) is 0 Å². The smallest absolute Gasteiger partial charge is 0.323 e. The minimum atomic E-state index is -0.859. The van der Waals surface area contributed by atoms with Gasteiger partial charge in [-0.1, -0.05) is 57.0 Å². The number of hydrogen-bond donors (Lipinski definition) is 2. The van der Waals surface area contributed by atoms with Crippen molar-refractivity contribution in [1.29, 1.82) is 0 Å². The lowest BCUT2D eigenvalue weighted by Crippen LogP contribution is -2.36. The molecule has 0 fully saturated rings. The van der Waals surface area contributed by atoms with Gasteiger partial charge in [0.15, 0.2) is 0 Å². The zero-order valence-corrected chi connectivity index (χ0v) is 12.3. The van der Waals surface area contributed by atoms with Gasteiger partial charge in [0.2, 0.25) is 0 Å². The second-order valence-corrected chi connectivity index (χ2v) is 5.25. The van der Waals surface area contributed by atoms with E-state index in [0.717, 1.165) is 24.8 Å². The highest BCUT2D eigenvalue weighted by molar-refractivity contribution is 5.73. The Bertz CT molecular complexity index is 381. The van der Waals surface area contributed by atoms with E-state index in [1.165, 1.54) is 0 Å². The minimum Gasteiger partial charge on any atom is -0.480 e. The lowest BCUT2D eigenvalue weighted by atomic mass is 9.98. The Balaban J connectivity index is 2.30. The van der Waals surface area contributed by atoms with Gasteiger partial charge in [-0.3, -0.25) is 9.63 Å². The molecule has 4 nitrogen and oxygen atoms in total. The van der Waals surface area contributed by atoms with E-state index < -0.39 is 12.0 Å². The van der Waals surface area contributed by atoms with Crippen molar-refractivity contribution in [3.05, 3.63) is 35.9 Å². The van der Waals surface area contributed by atoms with Gasteiger partial charge >= 0.3 is 5.97 Å². The van der Waals surface area contributed by atoms with E-state index >= 15 is 0 Å². The van der Waals surface area contributed by atoms with Crippen molar-refractivity contribution in [3.63, 3.8) is 0 Å². The molecule has 1 aromatic rings. The van der Waals surface area contributed by atoms with Gasteiger partial charge in [0.05, 0.1) is 6.61 Å². The Morgan fingerprint density at radius 1 is 1.25 bits per heavy atom. The predicted octanol–water partition coefficient (Wildman–Crippen LogP) is 3.38. The first-order valence-corrected chi connectivity index (χ1v) is 7.27. The molecule has 112 valence electrons. The molecule has 0 aliphatic rings. The van der Waals surface area contributed by atoms with E-state index in [9.17, 15) is 9.90 Å². The third-order valence-electron chi connectivity index (χ3n) is 3.33. The van der Waals surface area contributed by atoms with Crippen molar-refractivity contribution in [2.24, 2.45) is 5.92 Å². The van der Waals surface area contributed by atoms with E-state index in [1.807, 2.05) is 30.3 Å². The topological polar surface area (TPSA) is 58.6 Å². The molecule has 0 saturated heterocycles. The summed E-state index contributed by atoms with van der Waals surface area (Å²) in [7, 11) is 0. The first kappa shape index (κ1) is 16.7. The molecular weight excluding hydrogens is 254 g/mol. The summed E-state index contributed by atoms with van der Waals surface area (Å²) in [6, 6.07) is 9.05. The first-order valence-electron chi connectivity index (χ1n) is 7.27. The van der Waals surface area contributed by atoms with Crippen LogP contribution in [0.3, 0.4) is 0 Å². The van der Waals surface area contributed by atoms with Gasteiger partial charge in [-0.2, -0.15) is 5.48 Å². The lowest BCUT2D eigenvalue weighted by Gasteiger charge is -2.16. The van der Waals surface area contributed by atoms with Crippen molar-refractivity contribution in [2.75, 3.05) is 0 Å². The molecule has 0 radical (unpaired) electrons. The highest BCUT2D eigenvalue weighted by Gasteiger charge is 2.18. The molecule has 2 atom stereocenters. The van der Waals surface area contributed by atoms with Crippen LogP contribution in [0.1, 0.15) is 45.1 Å². The molecule has 0 bridgehead atoms. The van der Waals surface area contributed by atoms with Crippen LogP contribution in [-0.4, -0.2) is 17.1 Å². The van der Waals surface area contributed by atoms with Crippen molar-refractivity contribution >= 4 is 5.97 Å². The first-order chi connectivity index (χ1) is 9.63. The van der Waals surface area contributed by atoms with E-state index in [2.05, 4.69) is 19.3 Å². The zero-order chi connectivity index (χ0) is 14.8. The number of aliphatic carboxylic acids is 1. The molecule has 4 heteroatoms. The van der Waals surface area contributed by atoms with E-state index in [-0.39, 0.29) is 0 Å². The van der Waals surface area contributed by atoms with Crippen LogP contribution in [0.25, 0.3) is 0 Å². The van der Waals surface area contributed by atoms with E-state index in [4.69, 9.17) is 4.84 Å². The van der Waals surface area contributed by atoms with Gasteiger partial charge in [-0.25, -0.2) is 0 Å². The molecule has 20 heavy (non-hydrogen) atoms. The molecule has 1 rings (SSSR count). The molecule has 0 heterocycles. The maximum absolute atomic E-state index is 11.2. The highest BCUT2D eigenvalue weighted by Crippen LogP contribution is 2.14. The summed E-state index contributed by atoms with van der Waals surface area (Å²) in [6.07, 6.45) is 3.76. The summed E-state index contributed by atoms with van der Waals surface area (Å²) in [5, 5.41) is 9.17. The molecule has 2 unspecified atom stereocenters. The van der Waals surface area contributed by atoms with Crippen LogP contribution in [0, 0.1) is 5.92 Å². The van der Waals surface area contributed by atoms with E-state index in [0.29, 0.717) is 18.9 Å². The fraction of sp³-hybridized carbons (Fsp3) is 0.562. The number of hydrogen-bond acceptors (Lipinski definition) is 3. The summed E-state index contributed by atoms with van der Waals surface area (Å²) in [5.41, 5.74) is 3.68. The van der Waals surface area contributed by atoms with Crippen molar-refractivity contribution in [3.8, 4) is 0 Å². The van der Waals surface area contributed by atoms with Crippen LogP contribution < -0.4 is 5.48 Å². The Hall–Kier alpha value is -1.39. The molecule has 0 aliphatic carbocycles. The Morgan fingerprint density at radius 2 is 1.95 bits per heavy atom. The largest absolute Gasteiger partial charge is 0.480 e. The molecule has 0 aromatic heterocycles. The second kappa shape index (κ2) is 9.50. The maximum Gasteiger partial charge on any atom is 0.323 e. The number of benzene rings is 1. The van der Waals surface area contributed by atoms with Gasteiger partial charge < -0.3 is 5.11 Å². The van der Waals surface area contributed by atoms with Crippen LogP contribution in [0.5, 0.6) is 0 Å². The average Bonchev–Trinajstić information content (AvgIpc) is 2.43. The predicted molar refractivity (Wildman–Crippen MR) is 79.1 cm³/mol. The van der Waals surface area contributed by atoms with Gasteiger partial charge in [-0.05, 0) is 24.3 Å². The number of carbonyl (C=O) groups is 1. The standard InChI is InChI=1S/C16H25NO3/c1-3-7-13(2)10-11-15(16(18)19)17-20-12-14-8-5-4-6-9-14/h4-6,8-9,13,15,17H,3,7,10-12H2,1-2H3,(H,18,19). The molecule has 0 saturated carbocycles. The summed E-state index contributed by atoms with van der Waals surface area (Å²) < 4.78 is 0. The summed E-state index contributed by atoms with van der Waals surface area (Å²) >= 11 is 0. The zero-order valence-electron chi connectivity index (χ0n) is 12.3. The summed E-state index contributed by atoms with van der Waals surface area (Å²) in [6.45, 7) is 4.68. The van der Waals surface area contributed by atoms with E-state index in [1.54, 1.807) is 0 Å². The SMILES string of the molecule is CCCC(C)CCC(NOCc1ccccc1)C(=O)O. The van der Waals surface area contributed by atoms with Crippen LogP contribution in [0.4, 0.5) is 0 Å². The minimum absolute atomic E-state index is 0.370. The molecule has 0 aliphatic heterocycles. The summed E-state index contributed by atoms with van der Waals surface area (Å²) in [4.78, 5) is 16.5. The number of nitrogens with one attached hydrogen (secondary N) is 1. The number of hydroxylamine groups is 1. The molecule has 1 aromatic carbocycles. The molecular formula is C16H25NO3. The van der Waals surface area contributed by atoms with Crippen LogP contribution in [0.2, 0.25) is 0 Å². The van der Waals surface area contributed by atoms with Crippen LogP contribution in [0.15, 0.2) is 30.3 Å².